The molecule has 0 radical (unpaired) electrons. The zero-order chi connectivity index (χ0) is 12.1. The summed E-state index contributed by atoms with van der Waals surface area (Å²) in [5.74, 6) is 5.89. The first-order valence-corrected chi connectivity index (χ1v) is 5.76. The number of aryl methyl sites for hydroxylation is 1. The van der Waals surface area contributed by atoms with Crippen molar-refractivity contribution in [3.8, 4) is 0 Å². The summed E-state index contributed by atoms with van der Waals surface area (Å²) in [6, 6.07) is 6.71. The molecule has 3 heteroatoms. The number of hydrazine groups is 1. The number of benzene rings is 1. The predicted octanol–water partition coefficient (Wildman–Crippen LogP) is 1.97. The molecular weight excluding hydrogens is 198 g/mol. The topological polar surface area (TPSA) is 41.3 Å². The molecule has 0 amide bonds. The second-order valence-corrected chi connectivity index (χ2v) is 4.72. The lowest BCUT2D eigenvalue weighted by Gasteiger charge is -2.18. The van der Waals surface area contributed by atoms with Crippen LogP contribution < -0.4 is 11.3 Å². The second kappa shape index (κ2) is 5.99. The standard InChI is InChI=1S/C13H23N3/c1-10(2)12-6-5-11(3)13(7-12)8-16(4)9-15-14/h5-7,10,15H,8-9,14H2,1-4H3. The summed E-state index contributed by atoms with van der Waals surface area (Å²) >= 11 is 0. The quantitative estimate of drug-likeness (QED) is 0.454. The summed E-state index contributed by atoms with van der Waals surface area (Å²) < 4.78 is 0. The summed E-state index contributed by atoms with van der Waals surface area (Å²) in [7, 11) is 2.06. The Hall–Kier alpha value is -0.900. The fourth-order valence-corrected chi connectivity index (χ4v) is 1.72. The largest absolute Gasteiger partial charge is 0.288 e. The maximum atomic E-state index is 5.31. The monoisotopic (exact) mass is 221 g/mol. The number of nitrogens with one attached hydrogen (secondary N) is 1. The van der Waals surface area contributed by atoms with Crippen LogP contribution in [0.5, 0.6) is 0 Å². The van der Waals surface area contributed by atoms with Crippen LogP contribution >= 0.6 is 0 Å². The third-order valence-electron chi connectivity index (χ3n) is 2.84. The average Bonchev–Trinajstić information content (AvgIpc) is 2.21. The number of hydrogen-bond acceptors (Lipinski definition) is 3. The van der Waals surface area contributed by atoms with Gasteiger partial charge in [-0.2, -0.15) is 0 Å². The van der Waals surface area contributed by atoms with Gasteiger partial charge in [0.25, 0.3) is 0 Å². The lowest BCUT2D eigenvalue weighted by atomic mass is 9.98. The molecule has 3 nitrogen and oxygen atoms in total. The molecule has 0 bridgehead atoms. The molecule has 0 unspecified atom stereocenters. The van der Waals surface area contributed by atoms with Crippen molar-refractivity contribution >= 4 is 0 Å². The van der Waals surface area contributed by atoms with Gasteiger partial charge in [-0.3, -0.25) is 10.7 Å². The maximum absolute atomic E-state index is 5.31. The van der Waals surface area contributed by atoms with E-state index >= 15 is 0 Å². The Balaban J connectivity index is 2.81. The zero-order valence-corrected chi connectivity index (χ0v) is 10.7. The predicted molar refractivity (Wildman–Crippen MR) is 68.9 cm³/mol. The van der Waals surface area contributed by atoms with Crippen LogP contribution in [0.25, 0.3) is 0 Å². The summed E-state index contributed by atoms with van der Waals surface area (Å²) in [6.07, 6.45) is 0. The van der Waals surface area contributed by atoms with Gasteiger partial charge in [-0.1, -0.05) is 32.0 Å². The van der Waals surface area contributed by atoms with Gasteiger partial charge in [0.2, 0.25) is 0 Å². The molecule has 1 aromatic rings. The van der Waals surface area contributed by atoms with E-state index in [1.165, 1.54) is 16.7 Å². The van der Waals surface area contributed by atoms with Gasteiger partial charge in [0.15, 0.2) is 0 Å². The SMILES string of the molecule is Cc1ccc(C(C)C)cc1CN(C)CNN. The van der Waals surface area contributed by atoms with Crippen LogP contribution in [0.3, 0.4) is 0 Å². The van der Waals surface area contributed by atoms with E-state index in [2.05, 4.69) is 56.3 Å². The van der Waals surface area contributed by atoms with Gasteiger partial charge in [0, 0.05) is 6.54 Å². The van der Waals surface area contributed by atoms with Crippen molar-refractivity contribution in [1.29, 1.82) is 0 Å². The third-order valence-corrected chi connectivity index (χ3v) is 2.84. The van der Waals surface area contributed by atoms with Crippen molar-refractivity contribution in [3.63, 3.8) is 0 Å². The molecule has 1 aromatic carbocycles. The van der Waals surface area contributed by atoms with Crippen molar-refractivity contribution in [1.82, 2.24) is 10.3 Å². The fourth-order valence-electron chi connectivity index (χ4n) is 1.72. The van der Waals surface area contributed by atoms with E-state index in [1.807, 2.05) is 0 Å². The first-order chi connectivity index (χ1) is 7.54. The minimum Gasteiger partial charge on any atom is -0.288 e. The lowest BCUT2D eigenvalue weighted by Crippen LogP contribution is -2.35. The Morgan fingerprint density at radius 2 is 2.06 bits per heavy atom. The number of nitrogens with two attached hydrogens (primary N) is 1. The van der Waals surface area contributed by atoms with Gasteiger partial charge in [-0.25, -0.2) is 5.43 Å². The van der Waals surface area contributed by atoms with Gasteiger partial charge in [0.1, 0.15) is 0 Å². The van der Waals surface area contributed by atoms with Crippen LogP contribution in [0.1, 0.15) is 36.5 Å². The van der Waals surface area contributed by atoms with E-state index in [9.17, 15) is 0 Å². The Morgan fingerprint density at radius 1 is 1.38 bits per heavy atom. The fraction of sp³-hybridized carbons (Fsp3) is 0.538. The van der Waals surface area contributed by atoms with Gasteiger partial charge in [-0.15, -0.1) is 0 Å². The van der Waals surface area contributed by atoms with Crippen LogP contribution in [0.15, 0.2) is 18.2 Å². The molecule has 0 saturated heterocycles. The molecule has 0 spiro atoms. The second-order valence-electron chi connectivity index (χ2n) is 4.72. The van der Waals surface area contributed by atoms with Crippen molar-refractivity contribution in [2.45, 2.75) is 33.2 Å². The number of hydrogen-bond donors (Lipinski definition) is 2. The highest BCUT2D eigenvalue weighted by molar-refractivity contribution is 5.32. The van der Waals surface area contributed by atoms with Crippen molar-refractivity contribution < 1.29 is 0 Å². The van der Waals surface area contributed by atoms with Crippen LogP contribution in [-0.4, -0.2) is 18.6 Å². The molecule has 0 aliphatic rings. The summed E-state index contributed by atoms with van der Waals surface area (Å²) in [5, 5.41) is 0. The number of nitrogens with zero attached hydrogens (tertiary/aromatic N) is 1. The molecular formula is C13H23N3. The molecule has 0 atom stereocenters. The Bertz CT molecular complexity index is 334. The minimum atomic E-state index is 0.581. The van der Waals surface area contributed by atoms with E-state index in [4.69, 9.17) is 5.84 Å². The lowest BCUT2D eigenvalue weighted by molar-refractivity contribution is 0.301. The van der Waals surface area contributed by atoms with Gasteiger partial charge in [0.05, 0.1) is 6.67 Å². The number of rotatable bonds is 5. The average molecular weight is 221 g/mol. The molecule has 0 saturated carbocycles. The van der Waals surface area contributed by atoms with E-state index in [0.29, 0.717) is 12.6 Å². The summed E-state index contributed by atoms with van der Waals surface area (Å²) in [5.41, 5.74) is 6.79. The first kappa shape index (κ1) is 13.2. The summed E-state index contributed by atoms with van der Waals surface area (Å²) in [4.78, 5) is 2.16. The molecule has 90 valence electrons. The Labute approximate surface area is 98.6 Å². The maximum Gasteiger partial charge on any atom is 0.0612 e. The normalized spacial score (nSPS) is 11.4. The van der Waals surface area contributed by atoms with E-state index in [-0.39, 0.29) is 0 Å². The molecule has 0 aliphatic carbocycles. The molecule has 3 N–H and O–H groups in total. The van der Waals surface area contributed by atoms with Crippen LogP contribution in [0.2, 0.25) is 0 Å². The zero-order valence-electron chi connectivity index (χ0n) is 10.7. The highest BCUT2D eigenvalue weighted by atomic mass is 15.3. The van der Waals surface area contributed by atoms with Crippen molar-refractivity contribution in [2.24, 2.45) is 5.84 Å². The molecule has 16 heavy (non-hydrogen) atoms. The Kier molecular flexibility index (Phi) is 4.93. The van der Waals surface area contributed by atoms with Crippen LogP contribution in [0.4, 0.5) is 0 Å². The van der Waals surface area contributed by atoms with Crippen LogP contribution in [-0.2, 0) is 6.54 Å². The van der Waals surface area contributed by atoms with Crippen molar-refractivity contribution in [2.75, 3.05) is 13.7 Å². The minimum absolute atomic E-state index is 0.581. The van der Waals surface area contributed by atoms with Gasteiger partial charge in [-0.05, 0) is 36.6 Å². The molecule has 0 heterocycles. The van der Waals surface area contributed by atoms with E-state index in [0.717, 1.165) is 6.54 Å². The van der Waals surface area contributed by atoms with Crippen LogP contribution in [0, 0.1) is 6.92 Å². The Morgan fingerprint density at radius 3 is 2.62 bits per heavy atom. The van der Waals surface area contributed by atoms with Crippen molar-refractivity contribution in [3.05, 3.63) is 34.9 Å². The molecule has 1 rings (SSSR count). The smallest absolute Gasteiger partial charge is 0.0612 e. The third kappa shape index (κ3) is 3.59. The summed E-state index contributed by atoms with van der Waals surface area (Å²) in [6.45, 7) is 8.23. The van der Waals surface area contributed by atoms with Gasteiger partial charge >= 0.3 is 0 Å². The van der Waals surface area contributed by atoms with Gasteiger partial charge < -0.3 is 0 Å². The first-order valence-electron chi connectivity index (χ1n) is 5.76. The molecule has 0 fully saturated rings. The molecule has 0 aliphatic heterocycles. The van der Waals surface area contributed by atoms with E-state index < -0.39 is 0 Å². The highest BCUT2D eigenvalue weighted by Gasteiger charge is 2.05. The molecule has 0 aromatic heterocycles. The highest BCUT2D eigenvalue weighted by Crippen LogP contribution is 2.19. The van der Waals surface area contributed by atoms with E-state index in [1.54, 1.807) is 0 Å².